The summed E-state index contributed by atoms with van der Waals surface area (Å²) < 4.78 is 5.15. The third kappa shape index (κ3) is 3.32. The van der Waals surface area contributed by atoms with Crippen molar-refractivity contribution in [3.63, 3.8) is 0 Å². The van der Waals surface area contributed by atoms with E-state index >= 15 is 0 Å². The van der Waals surface area contributed by atoms with Crippen LogP contribution in [0.1, 0.15) is 32.2 Å². The Morgan fingerprint density at radius 2 is 2.11 bits per heavy atom. The summed E-state index contributed by atoms with van der Waals surface area (Å²) in [4.78, 5) is 15.6. The van der Waals surface area contributed by atoms with Crippen molar-refractivity contribution in [2.24, 2.45) is 0 Å². The van der Waals surface area contributed by atoms with Crippen molar-refractivity contribution in [1.29, 1.82) is 0 Å². The molecular weight excluding hydrogens is 266 g/mol. The van der Waals surface area contributed by atoms with Gasteiger partial charge in [-0.2, -0.15) is 4.98 Å². The molecule has 0 spiro atoms. The molecule has 100 valence electrons. The summed E-state index contributed by atoms with van der Waals surface area (Å²) in [6.07, 6.45) is 0.419. The molecule has 0 bridgehead atoms. The Morgan fingerprint density at radius 3 is 2.74 bits per heavy atom. The quantitative estimate of drug-likeness (QED) is 0.934. The van der Waals surface area contributed by atoms with Crippen molar-refractivity contribution in [2.45, 2.75) is 26.3 Å². The van der Waals surface area contributed by atoms with Crippen LogP contribution in [0, 0.1) is 0 Å². The summed E-state index contributed by atoms with van der Waals surface area (Å²) in [6, 6.07) is 6.84. The van der Waals surface area contributed by atoms with E-state index in [2.05, 4.69) is 15.5 Å². The van der Waals surface area contributed by atoms with Crippen LogP contribution in [-0.4, -0.2) is 16.0 Å². The molecule has 2 rings (SSSR count). The van der Waals surface area contributed by atoms with Crippen molar-refractivity contribution in [3.05, 3.63) is 35.2 Å². The minimum absolute atomic E-state index is 0.0567. The van der Waals surface area contributed by atoms with Crippen molar-refractivity contribution in [3.8, 4) is 11.4 Å². The van der Waals surface area contributed by atoms with Gasteiger partial charge in [0.25, 0.3) is 0 Å². The maximum Gasteiger partial charge on any atom is 0.249 e. The number of carbonyl (C=O) groups is 1. The lowest BCUT2D eigenvalue weighted by molar-refractivity contribution is -0.121. The molecule has 6 heteroatoms. The molecular formula is C13H14ClN3O2. The monoisotopic (exact) mass is 279 g/mol. The second-order valence-electron chi connectivity index (χ2n) is 4.11. The molecule has 0 unspecified atom stereocenters. The van der Waals surface area contributed by atoms with Crippen LogP contribution in [0.15, 0.2) is 28.8 Å². The van der Waals surface area contributed by atoms with Crippen LogP contribution in [0.3, 0.4) is 0 Å². The highest BCUT2D eigenvalue weighted by Gasteiger charge is 2.16. The zero-order valence-corrected chi connectivity index (χ0v) is 11.4. The van der Waals surface area contributed by atoms with Crippen LogP contribution in [0.5, 0.6) is 0 Å². The van der Waals surface area contributed by atoms with Gasteiger partial charge < -0.3 is 9.84 Å². The highest BCUT2D eigenvalue weighted by molar-refractivity contribution is 6.30. The van der Waals surface area contributed by atoms with Gasteiger partial charge in [-0.05, 0) is 31.2 Å². The van der Waals surface area contributed by atoms with E-state index in [0.717, 1.165) is 5.56 Å². The van der Waals surface area contributed by atoms with Crippen LogP contribution in [-0.2, 0) is 4.79 Å². The first-order valence-corrected chi connectivity index (χ1v) is 6.37. The lowest BCUT2D eigenvalue weighted by Gasteiger charge is -2.07. The maximum absolute atomic E-state index is 11.3. The Morgan fingerprint density at radius 1 is 1.42 bits per heavy atom. The first-order chi connectivity index (χ1) is 9.10. The Balaban J connectivity index is 2.14. The van der Waals surface area contributed by atoms with Gasteiger partial charge in [0.2, 0.25) is 17.6 Å². The third-order valence-electron chi connectivity index (χ3n) is 2.61. The number of halogens is 1. The van der Waals surface area contributed by atoms with Crippen LogP contribution < -0.4 is 5.32 Å². The number of nitrogens with zero attached hydrogens (tertiary/aromatic N) is 2. The first kappa shape index (κ1) is 13.5. The Bertz CT molecular complexity index is 566. The Labute approximate surface area is 116 Å². The number of hydrogen-bond donors (Lipinski definition) is 1. The second kappa shape index (κ2) is 5.84. The summed E-state index contributed by atoms with van der Waals surface area (Å²) in [7, 11) is 0. The highest BCUT2D eigenvalue weighted by atomic mass is 35.5. The minimum atomic E-state index is -0.305. The molecule has 1 aromatic carbocycles. The topological polar surface area (TPSA) is 68.0 Å². The maximum atomic E-state index is 11.3. The smallest absolute Gasteiger partial charge is 0.249 e. The van der Waals surface area contributed by atoms with Crippen LogP contribution in [0.2, 0.25) is 5.02 Å². The van der Waals surface area contributed by atoms with E-state index in [1.165, 1.54) is 0 Å². The molecule has 5 nitrogen and oxygen atoms in total. The molecule has 0 radical (unpaired) electrons. The van der Waals surface area contributed by atoms with Crippen molar-refractivity contribution in [2.75, 3.05) is 0 Å². The lowest BCUT2D eigenvalue weighted by Crippen LogP contribution is -2.25. The third-order valence-corrected chi connectivity index (χ3v) is 2.87. The lowest BCUT2D eigenvalue weighted by atomic mass is 10.2. The number of benzene rings is 1. The van der Waals surface area contributed by atoms with E-state index in [4.69, 9.17) is 16.1 Å². The van der Waals surface area contributed by atoms with Crippen LogP contribution >= 0.6 is 11.6 Å². The summed E-state index contributed by atoms with van der Waals surface area (Å²) in [5, 5.41) is 7.30. The van der Waals surface area contributed by atoms with E-state index in [0.29, 0.717) is 23.2 Å². The standard InChI is InChI=1S/C13H14ClN3O2/c1-3-11(18)15-8(2)13-16-12(17-19-13)9-4-6-10(14)7-5-9/h4-8H,3H2,1-2H3,(H,15,18)/t8-/m0/s1. The predicted octanol–water partition coefficient (Wildman–Crippen LogP) is 2.98. The van der Waals surface area contributed by atoms with Gasteiger partial charge in [-0.15, -0.1) is 0 Å². The molecule has 1 amide bonds. The molecule has 0 fully saturated rings. The second-order valence-corrected chi connectivity index (χ2v) is 4.54. The first-order valence-electron chi connectivity index (χ1n) is 5.99. The molecule has 1 N–H and O–H groups in total. The van der Waals surface area contributed by atoms with Crippen molar-refractivity contribution >= 4 is 17.5 Å². The van der Waals surface area contributed by atoms with Crippen LogP contribution in [0.25, 0.3) is 11.4 Å². The SMILES string of the molecule is CCC(=O)N[C@@H](C)c1nc(-c2ccc(Cl)cc2)no1. The van der Waals surface area contributed by atoms with Gasteiger partial charge in [0, 0.05) is 17.0 Å². The van der Waals surface area contributed by atoms with E-state index in [1.54, 1.807) is 26.0 Å². The molecule has 0 aliphatic rings. The minimum Gasteiger partial charge on any atom is -0.345 e. The van der Waals surface area contributed by atoms with Gasteiger partial charge in [0.1, 0.15) is 6.04 Å². The van der Waals surface area contributed by atoms with Gasteiger partial charge in [0.05, 0.1) is 0 Å². The summed E-state index contributed by atoms with van der Waals surface area (Å²) in [5.41, 5.74) is 0.813. The predicted molar refractivity (Wildman–Crippen MR) is 71.6 cm³/mol. The van der Waals surface area contributed by atoms with E-state index in [9.17, 15) is 4.79 Å². The molecule has 0 saturated carbocycles. The molecule has 1 aromatic heterocycles. The zero-order chi connectivity index (χ0) is 13.8. The fourth-order valence-corrected chi connectivity index (χ4v) is 1.66. The zero-order valence-electron chi connectivity index (χ0n) is 10.7. The highest BCUT2D eigenvalue weighted by Crippen LogP contribution is 2.20. The van der Waals surface area contributed by atoms with E-state index < -0.39 is 0 Å². The molecule has 1 atom stereocenters. The van der Waals surface area contributed by atoms with E-state index in [-0.39, 0.29) is 11.9 Å². The molecule has 1 heterocycles. The van der Waals surface area contributed by atoms with Gasteiger partial charge in [0.15, 0.2) is 0 Å². The molecule has 2 aromatic rings. The van der Waals surface area contributed by atoms with Crippen molar-refractivity contribution in [1.82, 2.24) is 15.5 Å². The summed E-state index contributed by atoms with van der Waals surface area (Å²) in [6.45, 7) is 3.59. The van der Waals surface area contributed by atoms with Gasteiger partial charge >= 0.3 is 0 Å². The Hall–Kier alpha value is -1.88. The largest absolute Gasteiger partial charge is 0.345 e. The number of nitrogens with one attached hydrogen (secondary N) is 1. The van der Waals surface area contributed by atoms with E-state index in [1.807, 2.05) is 12.1 Å². The molecule has 0 aliphatic carbocycles. The molecule has 0 aliphatic heterocycles. The number of rotatable bonds is 4. The molecule has 0 saturated heterocycles. The average molecular weight is 280 g/mol. The number of carbonyl (C=O) groups excluding carboxylic acids is 1. The fourth-order valence-electron chi connectivity index (χ4n) is 1.53. The number of hydrogen-bond acceptors (Lipinski definition) is 4. The molecule has 19 heavy (non-hydrogen) atoms. The van der Waals surface area contributed by atoms with Gasteiger partial charge in [-0.25, -0.2) is 0 Å². The fraction of sp³-hybridized carbons (Fsp3) is 0.308. The summed E-state index contributed by atoms with van der Waals surface area (Å²) in [5.74, 6) is 0.801. The number of amides is 1. The van der Waals surface area contributed by atoms with Crippen LogP contribution in [0.4, 0.5) is 0 Å². The average Bonchev–Trinajstić information content (AvgIpc) is 2.89. The van der Waals surface area contributed by atoms with Gasteiger partial charge in [-0.3, -0.25) is 4.79 Å². The van der Waals surface area contributed by atoms with Crippen molar-refractivity contribution < 1.29 is 9.32 Å². The Kier molecular flexibility index (Phi) is 4.16. The number of aromatic nitrogens is 2. The van der Waals surface area contributed by atoms with Gasteiger partial charge in [-0.1, -0.05) is 23.7 Å². The summed E-state index contributed by atoms with van der Waals surface area (Å²) >= 11 is 5.82. The normalized spacial score (nSPS) is 12.2.